The molecular formula is C27H30NO8P. The number of carbonyl (C=O) groups is 2. The SMILES string of the molecule is CC(C)(C)OC(=O)N[C@H](COP(=O)(Oc1ccccc1)Oc1ccccc1)C(=O)OCc1ccccc1. The highest BCUT2D eigenvalue weighted by molar-refractivity contribution is 7.49. The zero-order valence-corrected chi connectivity index (χ0v) is 21.8. The fraction of sp³-hybridized carbons (Fsp3) is 0.259. The summed E-state index contributed by atoms with van der Waals surface area (Å²) < 4.78 is 40.9. The molecule has 0 fully saturated rings. The van der Waals surface area contributed by atoms with Gasteiger partial charge in [0, 0.05) is 0 Å². The zero-order valence-electron chi connectivity index (χ0n) is 20.9. The van der Waals surface area contributed by atoms with Crippen LogP contribution in [0.4, 0.5) is 4.79 Å². The summed E-state index contributed by atoms with van der Waals surface area (Å²) in [4.78, 5) is 25.3. The largest absolute Gasteiger partial charge is 0.587 e. The number of hydrogen-bond donors (Lipinski definition) is 1. The van der Waals surface area contributed by atoms with Crippen molar-refractivity contribution in [2.45, 2.75) is 39.0 Å². The third kappa shape index (κ3) is 9.99. The van der Waals surface area contributed by atoms with E-state index in [9.17, 15) is 14.2 Å². The van der Waals surface area contributed by atoms with Gasteiger partial charge in [-0.05, 0) is 50.6 Å². The van der Waals surface area contributed by atoms with E-state index < -0.39 is 38.1 Å². The number of phosphoric ester groups is 1. The standard InChI is InChI=1S/C27H30NO8P/c1-27(2,3)34-26(30)28-24(25(29)32-19-21-13-7-4-8-14-21)20-33-37(31,35-22-15-9-5-10-16-22)36-23-17-11-6-12-18-23/h4-18,24H,19-20H2,1-3H3,(H,28,30)/t24-/m1/s1. The normalized spacial score (nSPS) is 12.2. The monoisotopic (exact) mass is 527 g/mol. The Hall–Kier alpha value is -3.81. The van der Waals surface area contributed by atoms with Crippen LogP contribution in [-0.2, 0) is 30.0 Å². The first-order chi connectivity index (χ1) is 17.6. The van der Waals surface area contributed by atoms with Crippen LogP contribution in [0.2, 0.25) is 0 Å². The fourth-order valence-corrected chi connectivity index (χ4v) is 4.14. The lowest BCUT2D eigenvalue weighted by atomic mass is 10.2. The summed E-state index contributed by atoms with van der Waals surface area (Å²) in [5, 5.41) is 2.42. The van der Waals surface area contributed by atoms with E-state index in [1.54, 1.807) is 106 Å². The predicted molar refractivity (Wildman–Crippen MR) is 137 cm³/mol. The van der Waals surface area contributed by atoms with Crippen molar-refractivity contribution in [3.8, 4) is 11.5 Å². The molecule has 0 aliphatic carbocycles. The number of phosphoric acid groups is 1. The molecule has 0 bridgehead atoms. The first-order valence-electron chi connectivity index (χ1n) is 11.6. The van der Waals surface area contributed by atoms with Gasteiger partial charge in [0.2, 0.25) is 0 Å². The van der Waals surface area contributed by atoms with Gasteiger partial charge in [0.05, 0.1) is 6.61 Å². The third-order valence-corrected chi connectivity index (χ3v) is 5.85. The van der Waals surface area contributed by atoms with Crippen molar-refractivity contribution >= 4 is 19.9 Å². The molecule has 0 saturated carbocycles. The molecule has 10 heteroatoms. The molecule has 0 saturated heterocycles. The maximum Gasteiger partial charge on any atom is 0.587 e. The molecule has 1 amide bonds. The minimum atomic E-state index is -4.32. The molecule has 0 spiro atoms. The van der Waals surface area contributed by atoms with Crippen molar-refractivity contribution in [3.05, 3.63) is 96.6 Å². The molecule has 37 heavy (non-hydrogen) atoms. The number of benzene rings is 3. The summed E-state index contributed by atoms with van der Waals surface area (Å²) in [6, 6.07) is 24.3. The van der Waals surface area contributed by atoms with Crippen LogP contribution < -0.4 is 14.4 Å². The van der Waals surface area contributed by atoms with E-state index in [1.807, 2.05) is 6.07 Å². The lowest BCUT2D eigenvalue weighted by molar-refractivity contribution is -0.148. The van der Waals surface area contributed by atoms with Crippen LogP contribution in [0.3, 0.4) is 0 Å². The van der Waals surface area contributed by atoms with Gasteiger partial charge >= 0.3 is 19.9 Å². The first-order valence-corrected chi connectivity index (χ1v) is 13.0. The van der Waals surface area contributed by atoms with Gasteiger partial charge in [0.15, 0.2) is 6.04 Å². The average Bonchev–Trinajstić information content (AvgIpc) is 2.86. The molecular weight excluding hydrogens is 497 g/mol. The second-order valence-corrected chi connectivity index (χ2v) is 10.4. The third-order valence-electron chi connectivity index (χ3n) is 4.52. The van der Waals surface area contributed by atoms with Gasteiger partial charge in [-0.3, -0.25) is 4.52 Å². The molecule has 1 atom stereocenters. The number of carbonyl (C=O) groups excluding carboxylic acids is 2. The van der Waals surface area contributed by atoms with Crippen LogP contribution in [0.1, 0.15) is 26.3 Å². The van der Waals surface area contributed by atoms with Crippen molar-refractivity contribution in [1.29, 1.82) is 0 Å². The van der Waals surface area contributed by atoms with Crippen LogP contribution in [0.15, 0.2) is 91.0 Å². The topological polar surface area (TPSA) is 109 Å². The van der Waals surface area contributed by atoms with E-state index in [0.29, 0.717) is 0 Å². The smallest absolute Gasteiger partial charge is 0.459 e. The fourth-order valence-electron chi connectivity index (χ4n) is 2.91. The summed E-state index contributed by atoms with van der Waals surface area (Å²) in [6.07, 6.45) is -0.874. The summed E-state index contributed by atoms with van der Waals surface area (Å²) >= 11 is 0. The van der Waals surface area contributed by atoms with Crippen LogP contribution in [0, 0.1) is 0 Å². The first kappa shape index (κ1) is 27.8. The number of hydrogen-bond acceptors (Lipinski definition) is 8. The Bertz CT molecular complexity index is 1140. The van der Waals surface area contributed by atoms with Crippen molar-refractivity contribution in [1.82, 2.24) is 5.32 Å². The molecule has 0 heterocycles. The van der Waals surface area contributed by atoms with Crippen molar-refractivity contribution in [3.63, 3.8) is 0 Å². The number of ether oxygens (including phenoxy) is 2. The molecule has 3 rings (SSSR count). The number of amides is 1. The Kier molecular flexibility index (Phi) is 9.71. The highest BCUT2D eigenvalue weighted by Gasteiger charge is 2.35. The van der Waals surface area contributed by atoms with Gasteiger partial charge in [-0.2, -0.15) is 0 Å². The van der Waals surface area contributed by atoms with Crippen LogP contribution in [0.5, 0.6) is 11.5 Å². The van der Waals surface area contributed by atoms with Gasteiger partial charge in [-0.1, -0.05) is 66.7 Å². The molecule has 0 aliphatic rings. The minimum Gasteiger partial charge on any atom is -0.459 e. The van der Waals surface area contributed by atoms with E-state index in [1.165, 1.54) is 0 Å². The highest BCUT2D eigenvalue weighted by atomic mass is 31.2. The Morgan fingerprint density at radius 2 is 1.30 bits per heavy atom. The summed E-state index contributed by atoms with van der Waals surface area (Å²) in [5.41, 5.74) is -0.0655. The minimum absolute atomic E-state index is 0.0368. The van der Waals surface area contributed by atoms with Crippen LogP contribution >= 0.6 is 7.82 Å². The molecule has 0 aliphatic heterocycles. The molecule has 9 nitrogen and oxygen atoms in total. The lowest BCUT2D eigenvalue weighted by Crippen LogP contribution is -2.46. The van der Waals surface area contributed by atoms with Crippen molar-refractivity contribution in [2.75, 3.05) is 6.61 Å². The molecule has 196 valence electrons. The van der Waals surface area contributed by atoms with Crippen molar-refractivity contribution in [2.24, 2.45) is 0 Å². The van der Waals surface area contributed by atoms with E-state index in [-0.39, 0.29) is 18.1 Å². The van der Waals surface area contributed by atoms with E-state index >= 15 is 0 Å². The summed E-state index contributed by atoms with van der Waals surface area (Å²) in [6.45, 7) is 4.43. The second kappa shape index (κ2) is 12.9. The van der Waals surface area contributed by atoms with E-state index in [2.05, 4.69) is 5.32 Å². The number of para-hydroxylation sites is 2. The molecule has 1 N–H and O–H groups in total. The lowest BCUT2D eigenvalue weighted by Gasteiger charge is -2.24. The van der Waals surface area contributed by atoms with Crippen molar-refractivity contribution < 1.29 is 37.2 Å². The zero-order chi connectivity index (χ0) is 26.7. The molecule has 0 aromatic heterocycles. The van der Waals surface area contributed by atoms with Crippen LogP contribution in [0.25, 0.3) is 0 Å². The quantitative estimate of drug-likeness (QED) is 0.242. The average molecular weight is 528 g/mol. The molecule has 0 radical (unpaired) electrons. The Morgan fingerprint density at radius 1 is 0.811 bits per heavy atom. The molecule has 0 unspecified atom stereocenters. The number of alkyl carbamates (subject to hydrolysis) is 1. The maximum atomic E-state index is 13.6. The molecule has 3 aromatic rings. The Balaban J connectivity index is 1.77. The summed E-state index contributed by atoms with van der Waals surface area (Å²) in [7, 11) is -4.32. The number of nitrogens with one attached hydrogen (secondary N) is 1. The van der Waals surface area contributed by atoms with Gasteiger partial charge in [0.1, 0.15) is 23.7 Å². The van der Waals surface area contributed by atoms with E-state index in [4.69, 9.17) is 23.0 Å². The van der Waals surface area contributed by atoms with Gasteiger partial charge in [-0.15, -0.1) is 0 Å². The Labute approximate surface area is 216 Å². The summed E-state index contributed by atoms with van der Waals surface area (Å²) in [5.74, 6) is -0.365. The Morgan fingerprint density at radius 3 is 1.78 bits per heavy atom. The number of rotatable bonds is 11. The highest BCUT2D eigenvalue weighted by Crippen LogP contribution is 2.49. The molecule has 3 aromatic carbocycles. The van der Waals surface area contributed by atoms with Gasteiger partial charge < -0.3 is 23.8 Å². The maximum absolute atomic E-state index is 13.6. The van der Waals surface area contributed by atoms with E-state index in [0.717, 1.165) is 5.56 Å². The predicted octanol–water partition coefficient (Wildman–Crippen LogP) is 5.91. The second-order valence-electron chi connectivity index (χ2n) is 8.84. The van der Waals surface area contributed by atoms with Gasteiger partial charge in [0.25, 0.3) is 0 Å². The van der Waals surface area contributed by atoms with Gasteiger partial charge in [-0.25, -0.2) is 14.2 Å². The number of esters is 1. The van der Waals surface area contributed by atoms with Crippen LogP contribution in [-0.4, -0.2) is 30.3 Å².